The second-order valence-corrected chi connectivity index (χ2v) is 12.8. The molecule has 0 aromatic heterocycles. The Kier molecular flexibility index (Phi) is 8.25. The quantitative estimate of drug-likeness (QED) is 0.386. The van der Waals surface area contributed by atoms with Crippen molar-refractivity contribution in [3.05, 3.63) is 48.0 Å². The first-order valence-electron chi connectivity index (χ1n) is 11.2. The van der Waals surface area contributed by atoms with E-state index in [1.165, 1.54) is 28.8 Å². The lowest BCUT2D eigenvalue weighted by Gasteiger charge is -2.27. The van der Waals surface area contributed by atoms with Crippen molar-refractivity contribution in [2.75, 3.05) is 35.5 Å². The van der Waals surface area contributed by atoms with Crippen LogP contribution in [0.5, 0.6) is 0 Å². The van der Waals surface area contributed by atoms with E-state index in [9.17, 15) is 17.7 Å². The van der Waals surface area contributed by atoms with E-state index in [2.05, 4.69) is 10.6 Å². The lowest BCUT2D eigenvalue weighted by molar-refractivity contribution is -0.0964. The van der Waals surface area contributed by atoms with Crippen LogP contribution in [0.3, 0.4) is 0 Å². The third-order valence-electron chi connectivity index (χ3n) is 5.49. The highest BCUT2D eigenvalue weighted by Gasteiger charge is 2.28. The highest BCUT2D eigenvalue weighted by Crippen LogP contribution is 2.30. The fourth-order valence-corrected chi connectivity index (χ4v) is 6.33. The number of aliphatic hydroxyl groups excluding tert-OH is 1. The molecular weight excluding hydrogens is 476 g/mol. The SMILES string of the molecule is CCc1ccc(N(CC(C)C)S(=O)(=O)c2ccc(NC[C@@H]3CNC(O)O3)c(S(C)(=N)=O)c2)cc1. The van der Waals surface area contributed by atoms with Crippen molar-refractivity contribution in [1.82, 2.24) is 5.32 Å². The number of ether oxygens (including phenoxy) is 1. The number of aryl methyl sites for hydroxylation is 1. The molecule has 0 saturated carbocycles. The molecule has 2 aromatic rings. The van der Waals surface area contributed by atoms with Crippen LogP contribution in [-0.4, -0.2) is 56.1 Å². The molecule has 0 amide bonds. The van der Waals surface area contributed by atoms with Crippen LogP contribution in [0.4, 0.5) is 11.4 Å². The fourth-order valence-electron chi connectivity index (χ4n) is 3.69. The van der Waals surface area contributed by atoms with Crippen LogP contribution < -0.4 is 14.9 Å². The molecule has 3 atom stereocenters. The van der Waals surface area contributed by atoms with Crippen molar-refractivity contribution in [1.29, 1.82) is 4.78 Å². The zero-order valence-electron chi connectivity index (χ0n) is 19.9. The number of benzene rings is 2. The highest BCUT2D eigenvalue weighted by molar-refractivity contribution is 7.93. The lowest BCUT2D eigenvalue weighted by Crippen LogP contribution is -2.34. The molecule has 2 unspecified atom stereocenters. The molecule has 9 nitrogen and oxygen atoms in total. The molecule has 0 bridgehead atoms. The molecule has 0 aliphatic carbocycles. The summed E-state index contributed by atoms with van der Waals surface area (Å²) in [6.07, 6.45) is 0.752. The molecule has 1 aliphatic heterocycles. The Hall–Kier alpha value is -2.18. The molecule has 3 rings (SSSR count). The topological polar surface area (TPSA) is 132 Å². The van der Waals surface area contributed by atoms with Gasteiger partial charge in [-0.15, -0.1) is 0 Å². The molecule has 0 spiro atoms. The van der Waals surface area contributed by atoms with Crippen LogP contribution in [0.15, 0.2) is 52.3 Å². The zero-order chi connectivity index (χ0) is 25.1. The fraction of sp³-hybridized carbons (Fsp3) is 0.478. The van der Waals surface area contributed by atoms with E-state index >= 15 is 0 Å². The molecule has 1 saturated heterocycles. The minimum Gasteiger partial charge on any atom is -0.381 e. The number of anilines is 2. The number of rotatable bonds is 10. The number of nitrogens with zero attached hydrogens (tertiary/aromatic N) is 1. The Morgan fingerprint density at radius 1 is 1.21 bits per heavy atom. The molecule has 0 radical (unpaired) electrons. The van der Waals surface area contributed by atoms with Crippen molar-refractivity contribution < 1.29 is 22.5 Å². The van der Waals surface area contributed by atoms with Gasteiger partial charge in [0.15, 0.2) is 0 Å². The van der Waals surface area contributed by atoms with Crippen LogP contribution in [0, 0.1) is 10.7 Å². The summed E-state index contributed by atoms with van der Waals surface area (Å²) in [6, 6.07) is 11.7. The third-order valence-corrected chi connectivity index (χ3v) is 8.45. The normalized spacial score (nSPS) is 20.3. The largest absolute Gasteiger partial charge is 0.381 e. The maximum Gasteiger partial charge on any atom is 0.264 e. The van der Waals surface area contributed by atoms with Gasteiger partial charge < -0.3 is 15.2 Å². The van der Waals surface area contributed by atoms with Gasteiger partial charge in [0.05, 0.1) is 37.0 Å². The monoisotopic (exact) mass is 510 g/mol. The van der Waals surface area contributed by atoms with E-state index in [-0.39, 0.29) is 28.4 Å². The summed E-state index contributed by atoms with van der Waals surface area (Å²) in [4.78, 5) is 0.0789. The minimum absolute atomic E-state index is 0.0238. The van der Waals surface area contributed by atoms with Crippen LogP contribution in [-0.2, 0) is 30.9 Å². The maximum atomic E-state index is 13.7. The van der Waals surface area contributed by atoms with E-state index < -0.39 is 26.2 Å². The molecule has 188 valence electrons. The summed E-state index contributed by atoms with van der Waals surface area (Å²) in [7, 11) is -7.22. The molecule has 2 aromatic carbocycles. The summed E-state index contributed by atoms with van der Waals surface area (Å²) in [5, 5.41) is 15.3. The average molecular weight is 511 g/mol. The van der Waals surface area contributed by atoms with E-state index in [1.807, 2.05) is 32.9 Å². The van der Waals surface area contributed by atoms with Gasteiger partial charge in [0.2, 0.25) is 6.41 Å². The average Bonchev–Trinajstić information content (AvgIpc) is 3.20. The molecule has 1 heterocycles. The second kappa shape index (κ2) is 10.6. The van der Waals surface area contributed by atoms with Crippen LogP contribution in [0.2, 0.25) is 0 Å². The molecule has 11 heteroatoms. The predicted molar refractivity (Wildman–Crippen MR) is 134 cm³/mol. The number of sulfonamides is 1. The van der Waals surface area contributed by atoms with Crippen LogP contribution in [0.25, 0.3) is 0 Å². The summed E-state index contributed by atoms with van der Waals surface area (Å²) in [5.41, 5.74) is 2.06. The van der Waals surface area contributed by atoms with Crippen LogP contribution in [0.1, 0.15) is 26.3 Å². The van der Waals surface area contributed by atoms with Gasteiger partial charge in [-0.3, -0.25) is 9.62 Å². The van der Waals surface area contributed by atoms with E-state index in [0.717, 1.165) is 12.0 Å². The minimum atomic E-state index is -3.98. The summed E-state index contributed by atoms with van der Waals surface area (Å²) >= 11 is 0. The van der Waals surface area contributed by atoms with Gasteiger partial charge in [0, 0.05) is 25.9 Å². The van der Waals surface area contributed by atoms with Crippen molar-refractivity contribution in [2.24, 2.45) is 5.92 Å². The smallest absolute Gasteiger partial charge is 0.264 e. The highest BCUT2D eigenvalue weighted by atomic mass is 32.2. The number of hydrogen-bond donors (Lipinski definition) is 4. The lowest BCUT2D eigenvalue weighted by atomic mass is 10.1. The van der Waals surface area contributed by atoms with Gasteiger partial charge in [-0.1, -0.05) is 32.9 Å². The number of aliphatic hydroxyl groups is 1. The van der Waals surface area contributed by atoms with Gasteiger partial charge in [-0.05, 0) is 48.2 Å². The number of nitrogens with one attached hydrogen (secondary N) is 3. The van der Waals surface area contributed by atoms with Crippen molar-refractivity contribution in [2.45, 2.75) is 49.5 Å². The zero-order valence-corrected chi connectivity index (χ0v) is 21.6. The Morgan fingerprint density at radius 3 is 2.41 bits per heavy atom. The summed E-state index contributed by atoms with van der Waals surface area (Å²) in [5.74, 6) is 0.0722. The predicted octanol–water partition coefficient (Wildman–Crippen LogP) is 2.81. The first-order valence-corrected chi connectivity index (χ1v) is 14.6. The Bertz CT molecular complexity index is 1200. The molecule has 1 fully saturated rings. The van der Waals surface area contributed by atoms with Crippen molar-refractivity contribution in [3.8, 4) is 0 Å². The van der Waals surface area contributed by atoms with E-state index in [4.69, 9.17) is 9.52 Å². The van der Waals surface area contributed by atoms with E-state index in [0.29, 0.717) is 24.5 Å². The first-order chi connectivity index (χ1) is 15.9. The molecule has 34 heavy (non-hydrogen) atoms. The standard InChI is InChI=1S/C23H34N4O5S2/c1-5-17-6-8-18(9-7-17)27(15-16(2)3)34(30,31)20-10-11-21(22(12-20)33(4,24)29)25-13-19-14-26-23(28)32-19/h6-12,16,19,23-26,28H,5,13-15H2,1-4H3/t19-,23?,33?/m1/s1. The van der Waals surface area contributed by atoms with Gasteiger partial charge in [0.25, 0.3) is 10.0 Å². The van der Waals surface area contributed by atoms with Crippen LogP contribution >= 0.6 is 0 Å². The summed E-state index contributed by atoms with van der Waals surface area (Å²) in [6.45, 7) is 6.93. The van der Waals surface area contributed by atoms with Gasteiger partial charge in [0.1, 0.15) is 0 Å². The molecule has 1 aliphatic rings. The number of hydrogen-bond acceptors (Lipinski definition) is 8. The van der Waals surface area contributed by atoms with Gasteiger partial charge in [-0.25, -0.2) is 17.4 Å². The Labute approximate surface area is 202 Å². The van der Waals surface area contributed by atoms with Gasteiger partial charge >= 0.3 is 0 Å². The molecular formula is C23H34N4O5S2. The van der Waals surface area contributed by atoms with Crippen molar-refractivity contribution in [3.63, 3.8) is 0 Å². The van der Waals surface area contributed by atoms with E-state index in [1.54, 1.807) is 12.1 Å². The van der Waals surface area contributed by atoms with Gasteiger partial charge in [-0.2, -0.15) is 0 Å². The second-order valence-electron chi connectivity index (χ2n) is 8.85. The Morgan fingerprint density at radius 2 is 1.88 bits per heavy atom. The first kappa shape index (κ1) is 26.4. The third kappa shape index (κ3) is 6.28. The molecule has 4 N–H and O–H groups in total. The van der Waals surface area contributed by atoms with Crippen molar-refractivity contribution >= 4 is 31.1 Å². The Balaban J connectivity index is 1.97. The summed E-state index contributed by atoms with van der Waals surface area (Å²) < 4.78 is 55.0. The maximum absolute atomic E-state index is 13.7.